The van der Waals surface area contributed by atoms with E-state index in [0.29, 0.717) is 18.3 Å². The van der Waals surface area contributed by atoms with Crippen molar-refractivity contribution >= 4 is 11.0 Å². The van der Waals surface area contributed by atoms with E-state index in [-0.39, 0.29) is 12.6 Å². The Morgan fingerprint density at radius 2 is 2.15 bits per heavy atom. The molecule has 5 nitrogen and oxygen atoms in total. The molecule has 0 saturated heterocycles. The number of hydrogen-bond donors (Lipinski definition) is 2. The lowest BCUT2D eigenvalue weighted by atomic mass is 10.1. The van der Waals surface area contributed by atoms with Crippen LogP contribution in [0, 0.1) is 0 Å². The van der Waals surface area contributed by atoms with Crippen molar-refractivity contribution in [1.82, 2.24) is 4.98 Å². The van der Waals surface area contributed by atoms with Crippen molar-refractivity contribution in [1.29, 1.82) is 0 Å². The van der Waals surface area contributed by atoms with E-state index in [9.17, 15) is 5.11 Å². The fraction of sp³-hybridized carbons (Fsp3) is 0.381. The van der Waals surface area contributed by atoms with Crippen molar-refractivity contribution < 1.29 is 14.3 Å². The minimum Gasteiger partial charge on any atom is -0.493 e. The topological polar surface area (TPSA) is 81.5 Å². The van der Waals surface area contributed by atoms with Gasteiger partial charge in [-0.3, -0.25) is 4.98 Å². The molecule has 3 aromatic rings. The van der Waals surface area contributed by atoms with E-state index < -0.39 is 0 Å². The number of aliphatic hydroxyl groups excluding tert-OH is 1. The van der Waals surface area contributed by atoms with Crippen molar-refractivity contribution in [3.63, 3.8) is 0 Å². The molecule has 26 heavy (non-hydrogen) atoms. The number of furan rings is 1. The van der Waals surface area contributed by atoms with Crippen LogP contribution in [-0.2, 0) is 13.0 Å². The van der Waals surface area contributed by atoms with Crippen LogP contribution in [0.3, 0.4) is 0 Å². The van der Waals surface area contributed by atoms with E-state index in [1.54, 1.807) is 6.20 Å². The summed E-state index contributed by atoms with van der Waals surface area (Å²) in [6, 6.07) is 9.82. The van der Waals surface area contributed by atoms with Crippen LogP contribution in [-0.4, -0.2) is 22.7 Å². The first-order chi connectivity index (χ1) is 12.8. The average Bonchev–Trinajstić information content (AvgIpc) is 3.42. The molecule has 1 aliphatic rings. The SMILES string of the molecule is NC(CCOc1cccc2oc(CO)c(C3CC3)c12)Cc1cccnc1. The average molecular weight is 352 g/mol. The second kappa shape index (κ2) is 7.48. The first kappa shape index (κ1) is 17.1. The molecular formula is C21H24N2O3. The van der Waals surface area contributed by atoms with Gasteiger partial charge in [0.2, 0.25) is 0 Å². The van der Waals surface area contributed by atoms with Gasteiger partial charge in [0.25, 0.3) is 0 Å². The number of rotatable bonds is 8. The molecule has 1 unspecified atom stereocenters. The maximum absolute atomic E-state index is 9.62. The van der Waals surface area contributed by atoms with E-state index in [1.807, 2.05) is 36.5 Å². The highest BCUT2D eigenvalue weighted by Crippen LogP contribution is 2.48. The molecule has 2 aromatic heterocycles. The molecule has 1 aromatic carbocycles. The number of ether oxygens (including phenoxy) is 1. The van der Waals surface area contributed by atoms with Crippen molar-refractivity contribution in [2.45, 2.75) is 44.2 Å². The first-order valence-corrected chi connectivity index (χ1v) is 9.18. The van der Waals surface area contributed by atoms with Crippen LogP contribution in [0.25, 0.3) is 11.0 Å². The van der Waals surface area contributed by atoms with Gasteiger partial charge in [-0.1, -0.05) is 12.1 Å². The first-order valence-electron chi connectivity index (χ1n) is 9.18. The molecule has 0 amide bonds. The number of nitrogens with zero attached hydrogens (tertiary/aromatic N) is 1. The Morgan fingerprint density at radius 1 is 1.27 bits per heavy atom. The van der Waals surface area contributed by atoms with Gasteiger partial charge in [0, 0.05) is 24.0 Å². The summed E-state index contributed by atoms with van der Waals surface area (Å²) < 4.78 is 11.9. The zero-order valence-electron chi connectivity index (χ0n) is 14.7. The molecule has 0 spiro atoms. The van der Waals surface area contributed by atoms with E-state index in [2.05, 4.69) is 4.98 Å². The Labute approximate surface area is 152 Å². The summed E-state index contributed by atoms with van der Waals surface area (Å²) in [5.41, 5.74) is 9.28. The predicted molar refractivity (Wildman–Crippen MR) is 100 cm³/mol. The molecule has 0 aliphatic heterocycles. The molecule has 1 aliphatic carbocycles. The molecule has 0 bridgehead atoms. The smallest absolute Gasteiger partial charge is 0.138 e. The number of aliphatic hydroxyl groups is 1. The highest BCUT2D eigenvalue weighted by atomic mass is 16.5. The number of fused-ring (bicyclic) bond motifs is 1. The minimum absolute atomic E-state index is 0.0265. The third-order valence-corrected chi connectivity index (χ3v) is 4.89. The van der Waals surface area contributed by atoms with Crippen LogP contribution in [0.2, 0.25) is 0 Å². The van der Waals surface area contributed by atoms with Crippen molar-refractivity contribution in [3.05, 3.63) is 59.6 Å². The zero-order valence-corrected chi connectivity index (χ0v) is 14.7. The standard InChI is InChI=1S/C21H24N2O3/c22-16(11-14-3-2-9-23-12-14)8-10-25-17-4-1-5-18-21(17)20(15-6-7-15)19(13-24)26-18/h1-5,9,12,15-16,24H,6-8,10-11,13,22H2. The van der Waals surface area contributed by atoms with Crippen LogP contribution in [0.4, 0.5) is 0 Å². The van der Waals surface area contributed by atoms with Gasteiger partial charge in [0.05, 0.1) is 12.0 Å². The number of hydrogen-bond acceptors (Lipinski definition) is 5. The van der Waals surface area contributed by atoms with Gasteiger partial charge in [0.1, 0.15) is 23.7 Å². The second-order valence-electron chi connectivity index (χ2n) is 6.96. The van der Waals surface area contributed by atoms with Crippen LogP contribution < -0.4 is 10.5 Å². The van der Waals surface area contributed by atoms with Crippen LogP contribution in [0.15, 0.2) is 47.1 Å². The predicted octanol–water partition coefficient (Wildman–Crippen LogP) is 3.54. The molecule has 1 fully saturated rings. The number of pyridine rings is 1. The summed E-state index contributed by atoms with van der Waals surface area (Å²) in [6.45, 7) is 0.472. The maximum atomic E-state index is 9.62. The summed E-state index contributed by atoms with van der Waals surface area (Å²) in [4.78, 5) is 4.12. The van der Waals surface area contributed by atoms with Crippen LogP contribution in [0.5, 0.6) is 5.75 Å². The molecule has 136 valence electrons. The van der Waals surface area contributed by atoms with Gasteiger partial charge in [-0.15, -0.1) is 0 Å². The third-order valence-electron chi connectivity index (χ3n) is 4.89. The zero-order chi connectivity index (χ0) is 17.9. The number of aromatic nitrogens is 1. The van der Waals surface area contributed by atoms with Gasteiger partial charge < -0.3 is 20.0 Å². The normalized spacial score (nSPS) is 15.3. The lowest BCUT2D eigenvalue weighted by Gasteiger charge is -2.13. The van der Waals surface area contributed by atoms with Gasteiger partial charge in [-0.2, -0.15) is 0 Å². The van der Waals surface area contributed by atoms with Crippen molar-refractivity contribution in [3.8, 4) is 5.75 Å². The Hall–Kier alpha value is -2.37. The largest absolute Gasteiger partial charge is 0.493 e. The fourth-order valence-electron chi connectivity index (χ4n) is 3.47. The molecule has 1 atom stereocenters. The Bertz CT molecular complexity index is 872. The number of nitrogens with two attached hydrogens (primary N) is 1. The molecule has 4 rings (SSSR count). The quantitative estimate of drug-likeness (QED) is 0.648. The lowest BCUT2D eigenvalue weighted by Crippen LogP contribution is -2.25. The van der Waals surface area contributed by atoms with Gasteiger partial charge in [-0.25, -0.2) is 0 Å². The Kier molecular flexibility index (Phi) is 4.91. The monoisotopic (exact) mass is 352 g/mol. The molecule has 3 N–H and O–H groups in total. The van der Waals surface area contributed by atoms with Gasteiger partial charge in [0.15, 0.2) is 0 Å². The summed E-state index contributed by atoms with van der Waals surface area (Å²) in [7, 11) is 0. The Morgan fingerprint density at radius 3 is 2.88 bits per heavy atom. The van der Waals surface area contributed by atoms with E-state index >= 15 is 0 Å². The molecule has 5 heteroatoms. The molecule has 1 saturated carbocycles. The number of benzene rings is 1. The van der Waals surface area contributed by atoms with Crippen molar-refractivity contribution in [2.75, 3.05) is 6.61 Å². The van der Waals surface area contributed by atoms with Crippen LogP contribution in [0.1, 0.15) is 42.1 Å². The van der Waals surface area contributed by atoms with Crippen molar-refractivity contribution in [2.24, 2.45) is 5.73 Å². The minimum atomic E-state index is -0.0735. The third kappa shape index (κ3) is 3.59. The summed E-state index contributed by atoms with van der Waals surface area (Å²) >= 11 is 0. The van der Waals surface area contributed by atoms with Gasteiger partial charge in [-0.05, 0) is 55.4 Å². The highest BCUT2D eigenvalue weighted by molar-refractivity contribution is 5.89. The van der Waals surface area contributed by atoms with Crippen LogP contribution >= 0.6 is 0 Å². The highest BCUT2D eigenvalue weighted by Gasteiger charge is 2.32. The van der Waals surface area contributed by atoms with E-state index in [1.165, 1.54) is 0 Å². The molecular weight excluding hydrogens is 328 g/mol. The molecule has 0 radical (unpaired) electrons. The lowest BCUT2D eigenvalue weighted by molar-refractivity contribution is 0.249. The summed E-state index contributed by atoms with van der Waals surface area (Å²) in [5.74, 6) is 1.98. The summed E-state index contributed by atoms with van der Waals surface area (Å²) in [6.07, 6.45) is 7.45. The molecule has 2 heterocycles. The second-order valence-corrected chi connectivity index (χ2v) is 6.96. The van der Waals surface area contributed by atoms with E-state index in [0.717, 1.165) is 53.5 Å². The fourth-order valence-corrected chi connectivity index (χ4v) is 3.47. The Balaban J connectivity index is 1.45. The van der Waals surface area contributed by atoms with Gasteiger partial charge >= 0.3 is 0 Å². The maximum Gasteiger partial charge on any atom is 0.138 e. The summed E-state index contributed by atoms with van der Waals surface area (Å²) in [5, 5.41) is 10.6. The van der Waals surface area contributed by atoms with E-state index in [4.69, 9.17) is 14.9 Å².